The zero-order valence-electron chi connectivity index (χ0n) is 5.07. The molecule has 0 unspecified atom stereocenters. The third-order valence-electron chi connectivity index (χ3n) is 1.12. The third kappa shape index (κ3) is 1.79. The molecule has 1 aliphatic rings. The average Bonchev–Trinajstić information content (AvgIpc) is 2.04. The van der Waals surface area contributed by atoms with Gasteiger partial charge in [0, 0.05) is 11.5 Å². The summed E-state index contributed by atoms with van der Waals surface area (Å²) in [5.74, 6) is 0. The van der Waals surface area contributed by atoms with Gasteiger partial charge in [-0.25, -0.2) is 0 Å². The van der Waals surface area contributed by atoms with Crippen molar-refractivity contribution in [3.8, 4) is 0 Å². The molecule has 0 nitrogen and oxygen atoms in total. The second-order valence-corrected chi connectivity index (χ2v) is 3.11. The van der Waals surface area contributed by atoms with E-state index in [0.29, 0.717) is 21.5 Å². The topological polar surface area (TPSA) is 0 Å². The van der Waals surface area contributed by atoms with E-state index in [9.17, 15) is 0 Å². The molecule has 0 aliphatic heterocycles. The summed E-state index contributed by atoms with van der Waals surface area (Å²) in [6.45, 7) is 0. The molecule has 1 aliphatic carbocycles. The van der Waals surface area contributed by atoms with Crippen LogP contribution in [0, 0.1) is 0 Å². The van der Waals surface area contributed by atoms with Crippen LogP contribution in [-0.2, 0) is 0 Å². The molecule has 0 bridgehead atoms. The van der Waals surface area contributed by atoms with Crippen LogP contribution >= 0.6 is 34.8 Å². The Bertz CT molecular complexity index is 217. The largest absolute Gasteiger partial charge is 0.0871 e. The van der Waals surface area contributed by atoms with Crippen molar-refractivity contribution < 1.29 is 0 Å². The second-order valence-electron chi connectivity index (χ2n) is 1.87. The lowest BCUT2D eigenvalue weighted by molar-refractivity contribution is 1.35. The molecule has 0 aromatic heterocycles. The molecule has 1 rings (SSSR count). The first-order valence-corrected chi connectivity index (χ1v) is 3.92. The van der Waals surface area contributed by atoms with Crippen molar-refractivity contribution in [2.24, 2.45) is 0 Å². The maximum Gasteiger partial charge on any atom is 0.0740 e. The summed E-state index contributed by atoms with van der Waals surface area (Å²) < 4.78 is 0. The van der Waals surface area contributed by atoms with Gasteiger partial charge in [-0.3, -0.25) is 0 Å². The van der Waals surface area contributed by atoms with E-state index in [1.165, 1.54) is 0 Å². The van der Waals surface area contributed by atoms with Gasteiger partial charge in [0.1, 0.15) is 0 Å². The molecule has 10 heavy (non-hydrogen) atoms. The average molecular weight is 195 g/mol. The fourth-order valence-electron chi connectivity index (χ4n) is 0.616. The Hall–Kier alpha value is 0.0900. The number of rotatable bonds is 0. The number of hydrogen-bond donors (Lipinski definition) is 0. The van der Waals surface area contributed by atoms with Gasteiger partial charge in [-0.05, 0) is 6.08 Å². The quantitative estimate of drug-likeness (QED) is 0.552. The molecular formula is C7H5Cl3. The molecule has 0 saturated heterocycles. The van der Waals surface area contributed by atoms with Gasteiger partial charge < -0.3 is 0 Å². The van der Waals surface area contributed by atoms with E-state index >= 15 is 0 Å². The summed E-state index contributed by atoms with van der Waals surface area (Å²) in [4.78, 5) is 0. The number of halogens is 3. The maximum atomic E-state index is 5.74. The fraction of sp³-hybridized carbons (Fsp3) is 0.143. The number of hydrogen-bond acceptors (Lipinski definition) is 0. The summed E-state index contributed by atoms with van der Waals surface area (Å²) in [6.07, 6.45) is 6.12. The van der Waals surface area contributed by atoms with Crippen LogP contribution < -0.4 is 0 Å². The lowest BCUT2D eigenvalue weighted by Gasteiger charge is -1.95. The Morgan fingerprint density at radius 1 is 1.20 bits per heavy atom. The smallest absolute Gasteiger partial charge is 0.0740 e. The van der Waals surface area contributed by atoms with Crippen molar-refractivity contribution in [2.75, 3.05) is 0 Å². The summed E-state index contributed by atoms with van der Waals surface area (Å²) in [6, 6.07) is 0. The highest BCUT2D eigenvalue weighted by atomic mass is 35.5. The number of allylic oxidation sites excluding steroid dienone is 6. The zero-order valence-corrected chi connectivity index (χ0v) is 7.34. The van der Waals surface area contributed by atoms with Crippen LogP contribution in [0.15, 0.2) is 33.3 Å². The Kier molecular flexibility index (Phi) is 2.84. The van der Waals surface area contributed by atoms with E-state index in [0.717, 1.165) is 0 Å². The van der Waals surface area contributed by atoms with Gasteiger partial charge in [-0.15, -0.1) is 0 Å². The minimum absolute atomic E-state index is 0.452. The Morgan fingerprint density at radius 2 is 1.90 bits per heavy atom. The minimum atomic E-state index is 0.452. The van der Waals surface area contributed by atoms with Gasteiger partial charge in [0.15, 0.2) is 0 Å². The summed E-state index contributed by atoms with van der Waals surface area (Å²) in [5, 5.41) is 1.55. The molecule has 0 aromatic rings. The van der Waals surface area contributed by atoms with Crippen LogP contribution in [0.3, 0.4) is 0 Å². The summed E-state index contributed by atoms with van der Waals surface area (Å²) >= 11 is 17.2. The first-order chi connectivity index (χ1) is 4.72. The van der Waals surface area contributed by atoms with E-state index in [2.05, 4.69) is 0 Å². The normalized spacial score (nSPS) is 18.9. The predicted molar refractivity (Wildman–Crippen MR) is 46.4 cm³/mol. The van der Waals surface area contributed by atoms with E-state index < -0.39 is 0 Å². The van der Waals surface area contributed by atoms with Crippen LogP contribution in [0.4, 0.5) is 0 Å². The molecule has 0 radical (unpaired) electrons. The van der Waals surface area contributed by atoms with Crippen molar-refractivity contribution in [2.45, 2.75) is 6.42 Å². The van der Waals surface area contributed by atoms with E-state index in [1.54, 1.807) is 6.08 Å². The van der Waals surface area contributed by atoms with Gasteiger partial charge in [0.05, 0.1) is 10.1 Å². The Balaban J connectivity index is 3.00. The lowest BCUT2D eigenvalue weighted by Crippen LogP contribution is -1.74. The standard InChI is InChI=1S/C7H5Cl3/c8-5-3-1-2-4-6(9)7(5)10/h1-3H,4H2. The Morgan fingerprint density at radius 3 is 2.60 bits per heavy atom. The summed E-state index contributed by atoms with van der Waals surface area (Å²) in [7, 11) is 0. The second kappa shape index (κ2) is 3.47. The van der Waals surface area contributed by atoms with Gasteiger partial charge in [0.2, 0.25) is 0 Å². The molecule has 54 valence electrons. The Labute approximate surface area is 74.8 Å². The van der Waals surface area contributed by atoms with Gasteiger partial charge in [0.25, 0.3) is 0 Å². The van der Waals surface area contributed by atoms with E-state index in [4.69, 9.17) is 34.8 Å². The van der Waals surface area contributed by atoms with Crippen molar-refractivity contribution in [3.05, 3.63) is 33.3 Å². The summed E-state index contributed by atoms with van der Waals surface area (Å²) in [5.41, 5.74) is 0. The van der Waals surface area contributed by atoms with E-state index in [-0.39, 0.29) is 0 Å². The fourth-order valence-corrected chi connectivity index (χ4v) is 1.18. The van der Waals surface area contributed by atoms with Crippen molar-refractivity contribution in [3.63, 3.8) is 0 Å². The molecule has 3 heteroatoms. The monoisotopic (exact) mass is 194 g/mol. The lowest BCUT2D eigenvalue weighted by atomic mass is 10.4. The first kappa shape index (κ1) is 8.19. The predicted octanol–water partition coefficient (Wildman–Crippen LogP) is 3.76. The maximum absolute atomic E-state index is 5.74. The van der Waals surface area contributed by atoms with Gasteiger partial charge >= 0.3 is 0 Å². The van der Waals surface area contributed by atoms with E-state index in [1.807, 2.05) is 12.2 Å². The molecule has 0 amide bonds. The highest BCUT2D eigenvalue weighted by Gasteiger charge is 2.05. The van der Waals surface area contributed by atoms with Crippen LogP contribution in [-0.4, -0.2) is 0 Å². The van der Waals surface area contributed by atoms with Gasteiger partial charge in [-0.1, -0.05) is 47.0 Å². The molecule has 0 fully saturated rings. The SMILES string of the molecule is ClC1=CC=CCC(Cl)=C1Cl. The minimum Gasteiger partial charge on any atom is -0.0871 e. The molecule has 0 heterocycles. The molecule has 0 atom stereocenters. The van der Waals surface area contributed by atoms with Crippen LogP contribution in [0.5, 0.6) is 0 Å². The first-order valence-electron chi connectivity index (χ1n) is 2.78. The van der Waals surface area contributed by atoms with Crippen molar-refractivity contribution in [1.29, 1.82) is 0 Å². The van der Waals surface area contributed by atoms with Crippen molar-refractivity contribution >= 4 is 34.8 Å². The van der Waals surface area contributed by atoms with Gasteiger partial charge in [-0.2, -0.15) is 0 Å². The van der Waals surface area contributed by atoms with Crippen LogP contribution in [0.25, 0.3) is 0 Å². The van der Waals surface area contributed by atoms with Crippen molar-refractivity contribution in [1.82, 2.24) is 0 Å². The molecule has 0 aromatic carbocycles. The molecular weight excluding hydrogens is 190 g/mol. The highest BCUT2D eigenvalue weighted by molar-refractivity contribution is 6.48. The van der Waals surface area contributed by atoms with Crippen LogP contribution in [0.2, 0.25) is 0 Å². The highest BCUT2D eigenvalue weighted by Crippen LogP contribution is 2.29. The zero-order chi connectivity index (χ0) is 7.56. The molecule has 0 saturated carbocycles. The molecule has 0 spiro atoms. The third-order valence-corrected chi connectivity index (χ3v) is 2.41. The van der Waals surface area contributed by atoms with Crippen LogP contribution in [0.1, 0.15) is 6.42 Å². The molecule has 0 N–H and O–H groups in total.